The zero-order valence-electron chi connectivity index (χ0n) is 11.3. The molecule has 0 aromatic carbocycles. The van der Waals surface area contributed by atoms with E-state index in [1.807, 2.05) is 5.48 Å². The van der Waals surface area contributed by atoms with E-state index >= 15 is 0 Å². The van der Waals surface area contributed by atoms with Crippen LogP contribution >= 0.6 is 0 Å². The van der Waals surface area contributed by atoms with Crippen molar-refractivity contribution in [1.29, 1.82) is 0 Å². The summed E-state index contributed by atoms with van der Waals surface area (Å²) < 4.78 is 0. The highest BCUT2D eigenvalue weighted by Gasteiger charge is 2.08. The van der Waals surface area contributed by atoms with Crippen LogP contribution in [0.25, 0.3) is 0 Å². The van der Waals surface area contributed by atoms with E-state index in [0.29, 0.717) is 19.3 Å². The Hall–Kier alpha value is -2.23. The third kappa shape index (κ3) is 6.31. The van der Waals surface area contributed by atoms with E-state index in [0.717, 1.165) is 5.23 Å². The molecule has 19 heavy (non-hydrogen) atoms. The molecule has 0 spiro atoms. The molecular formula is C9H21N7O3. The molecule has 0 rings (SSSR count). The molecule has 0 aliphatic heterocycles. The van der Waals surface area contributed by atoms with Crippen molar-refractivity contribution in [2.45, 2.75) is 40.0 Å². The summed E-state index contributed by atoms with van der Waals surface area (Å²) in [6.45, 7) is 5.33. The molecule has 0 saturated heterocycles. The third-order valence-electron chi connectivity index (χ3n) is 2.07. The van der Waals surface area contributed by atoms with Crippen molar-refractivity contribution in [3.05, 3.63) is 0 Å². The molecule has 0 bridgehead atoms. The molecule has 0 aromatic rings. The maximum absolute atomic E-state index is 8.85. The van der Waals surface area contributed by atoms with Gasteiger partial charge >= 0.3 is 0 Å². The van der Waals surface area contributed by atoms with Gasteiger partial charge in [-0.3, -0.25) is 10.7 Å². The van der Waals surface area contributed by atoms with Gasteiger partial charge in [0.25, 0.3) is 0 Å². The molecule has 10 nitrogen and oxygen atoms in total. The van der Waals surface area contributed by atoms with Crippen LogP contribution in [0.2, 0.25) is 0 Å². The van der Waals surface area contributed by atoms with Crippen LogP contribution in [-0.2, 0) is 0 Å². The van der Waals surface area contributed by atoms with E-state index in [1.165, 1.54) is 0 Å². The average Bonchev–Trinajstić information content (AvgIpc) is 2.46. The van der Waals surface area contributed by atoms with Crippen LogP contribution in [0.4, 0.5) is 0 Å². The predicted molar refractivity (Wildman–Crippen MR) is 69.8 cm³/mol. The summed E-state index contributed by atoms with van der Waals surface area (Å²) in [5.41, 5.74) is 7.21. The second kappa shape index (κ2) is 9.76. The Kier molecular flexibility index (Phi) is 8.62. The van der Waals surface area contributed by atoms with Gasteiger partial charge in [0, 0.05) is 19.3 Å². The van der Waals surface area contributed by atoms with Crippen molar-refractivity contribution in [2.75, 3.05) is 0 Å². The molecule has 0 fully saturated rings. The molecule has 0 aromatic heterocycles. The molecule has 6 N–H and O–H groups in total. The van der Waals surface area contributed by atoms with E-state index in [-0.39, 0.29) is 17.5 Å². The summed E-state index contributed by atoms with van der Waals surface area (Å²) in [5, 5.41) is 37.5. The fraction of sp³-hybridized carbons (Fsp3) is 0.667. The van der Waals surface area contributed by atoms with Crippen molar-refractivity contribution >= 4 is 17.5 Å². The van der Waals surface area contributed by atoms with Gasteiger partial charge in [-0.2, -0.15) is 0 Å². The van der Waals surface area contributed by atoms with E-state index in [2.05, 4.69) is 26.3 Å². The fourth-order valence-electron chi connectivity index (χ4n) is 0.960. The van der Waals surface area contributed by atoms with Gasteiger partial charge in [-0.15, -0.1) is 10.3 Å². The monoisotopic (exact) mass is 275 g/mol. The molecule has 0 saturated carbocycles. The topological polar surface area (TPSA) is 137 Å². The van der Waals surface area contributed by atoms with E-state index in [4.69, 9.17) is 15.6 Å². The quantitative estimate of drug-likeness (QED) is 0.178. The van der Waals surface area contributed by atoms with Gasteiger partial charge in [0.05, 0.1) is 0 Å². The number of hydrogen-bond donors (Lipinski definition) is 6. The Labute approximate surface area is 111 Å². The highest BCUT2D eigenvalue weighted by atomic mass is 16.5. The van der Waals surface area contributed by atoms with Crippen LogP contribution in [0.5, 0.6) is 0 Å². The molecule has 110 valence electrons. The van der Waals surface area contributed by atoms with E-state index in [9.17, 15) is 0 Å². The number of rotatable bonds is 6. The van der Waals surface area contributed by atoms with Crippen molar-refractivity contribution in [3.63, 3.8) is 0 Å². The number of hydrazone groups is 1. The lowest BCUT2D eigenvalue weighted by Gasteiger charge is -2.22. The zero-order valence-corrected chi connectivity index (χ0v) is 11.3. The minimum atomic E-state index is 0.234. The number of amidine groups is 3. The lowest BCUT2D eigenvalue weighted by molar-refractivity contribution is 0.178. The van der Waals surface area contributed by atoms with Gasteiger partial charge < -0.3 is 10.4 Å². The Bertz CT molecular complexity index is 315. The Morgan fingerprint density at radius 2 is 1.32 bits per heavy atom. The van der Waals surface area contributed by atoms with Gasteiger partial charge in [0.2, 0.25) is 0 Å². The average molecular weight is 275 g/mol. The second-order valence-corrected chi connectivity index (χ2v) is 3.35. The van der Waals surface area contributed by atoms with E-state index < -0.39 is 0 Å². The van der Waals surface area contributed by atoms with Crippen LogP contribution in [0, 0.1) is 0 Å². The van der Waals surface area contributed by atoms with Crippen molar-refractivity contribution in [2.24, 2.45) is 15.4 Å². The number of hydrazine groups is 2. The molecule has 0 radical (unpaired) electrons. The van der Waals surface area contributed by atoms with Gasteiger partial charge in [0.15, 0.2) is 11.7 Å². The minimum absolute atomic E-state index is 0.234. The van der Waals surface area contributed by atoms with Crippen LogP contribution < -0.4 is 16.3 Å². The highest BCUT2D eigenvalue weighted by molar-refractivity contribution is 5.84. The molecule has 0 unspecified atom stereocenters. The number of hydrogen-bond acceptors (Lipinski definition) is 7. The minimum Gasteiger partial charge on any atom is -0.409 e. The van der Waals surface area contributed by atoms with Gasteiger partial charge in [-0.1, -0.05) is 31.1 Å². The molecule has 0 heterocycles. The number of nitrogens with one attached hydrogen (secondary N) is 3. The second-order valence-electron chi connectivity index (χ2n) is 3.35. The Morgan fingerprint density at radius 3 is 1.58 bits per heavy atom. The summed E-state index contributed by atoms with van der Waals surface area (Å²) in [4.78, 5) is 0. The standard InChI is InChI=1S/C9H21N7O3/c1-4-7(13-17)10-16(11-8(5-2)14-18)12-9(6-3)15-19/h17-19H,4-6H2,1-3H3,(H,10,13)(H,11,14)(H,12,15). The lowest BCUT2D eigenvalue weighted by atomic mass is 10.4. The SMILES string of the molecule is CCC(=NN(NC(CC)=NO)NC(CC)=NO)NO. The van der Waals surface area contributed by atoms with Crippen LogP contribution in [0.15, 0.2) is 15.4 Å². The van der Waals surface area contributed by atoms with Crippen molar-refractivity contribution < 1.29 is 15.6 Å². The summed E-state index contributed by atoms with van der Waals surface area (Å²) in [7, 11) is 0. The van der Waals surface area contributed by atoms with Gasteiger partial charge in [0.1, 0.15) is 5.84 Å². The maximum atomic E-state index is 8.85. The van der Waals surface area contributed by atoms with Crippen molar-refractivity contribution in [1.82, 2.24) is 21.6 Å². The first-order valence-electron chi connectivity index (χ1n) is 5.87. The number of oxime groups is 2. The molecule has 0 atom stereocenters. The fourth-order valence-corrected chi connectivity index (χ4v) is 0.960. The number of hydroxylamine groups is 1. The highest BCUT2D eigenvalue weighted by Crippen LogP contribution is 1.90. The first-order valence-corrected chi connectivity index (χ1v) is 5.87. The summed E-state index contributed by atoms with van der Waals surface area (Å²) in [6.07, 6.45) is 1.29. The predicted octanol–water partition coefficient (Wildman–Crippen LogP) is 0.395. The number of nitrogens with zero attached hydrogens (tertiary/aromatic N) is 4. The lowest BCUT2D eigenvalue weighted by Crippen LogP contribution is -2.50. The zero-order chi connectivity index (χ0) is 14.7. The van der Waals surface area contributed by atoms with E-state index in [1.54, 1.807) is 20.8 Å². The largest absolute Gasteiger partial charge is 0.409 e. The Morgan fingerprint density at radius 1 is 0.895 bits per heavy atom. The normalized spacial score (nSPS) is 13.2. The van der Waals surface area contributed by atoms with Crippen molar-refractivity contribution in [3.8, 4) is 0 Å². The van der Waals surface area contributed by atoms with Crippen LogP contribution in [0.1, 0.15) is 40.0 Å². The maximum Gasteiger partial charge on any atom is 0.162 e. The molecule has 10 heteroatoms. The van der Waals surface area contributed by atoms with Gasteiger partial charge in [-0.05, 0) is 0 Å². The first-order chi connectivity index (χ1) is 9.14. The third-order valence-corrected chi connectivity index (χ3v) is 2.07. The smallest absolute Gasteiger partial charge is 0.162 e. The Balaban J connectivity index is 4.97. The molecule has 0 aliphatic carbocycles. The first kappa shape index (κ1) is 16.8. The molecular weight excluding hydrogens is 254 g/mol. The summed E-state index contributed by atoms with van der Waals surface area (Å²) in [6, 6.07) is 0. The molecule has 0 amide bonds. The van der Waals surface area contributed by atoms with Crippen LogP contribution in [0.3, 0.4) is 0 Å². The summed E-state index contributed by atoms with van der Waals surface area (Å²) in [5.74, 6) is 0.720. The molecule has 0 aliphatic rings. The van der Waals surface area contributed by atoms with Crippen LogP contribution in [-0.4, -0.2) is 38.4 Å². The van der Waals surface area contributed by atoms with Gasteiger partial charge in [-0.25, -0.2) is 10.9 Å². The summed E-state index contributed by atoms with van der Waals surface area (Å²) >= 11 is 0.